The second-order valence-electron chi connectivity index (χ2n) is 4.07. The molecule has 3 rings (SSSR count). The number of hydrogen-bond acceptors (Lipinski definition) is 3. The zero-order valence-corrected chi connectivity index (χ0v) is 9.45. The molecule has 1 aromatic carbocycles. The standard InChI is InChI=1S/C12H8F3N3O/c13-12(14,15)7-1-2-9-6(3-7)4-10(19-9)8-5-11(16)18-17-8/h1-5H,(H3,16,17,18). The number of benzene rings is 1. The molecule has 0 unspecified atom stereocenters. The van der Waals surface area contributed by atoms with Crippen molar-refractivity contribution in [1.29, 1.82) is 0 Å². The number of furan rings is 1. The zero-order valence-electron chi connectivity index (χ0n) is 9.45. The van der Waals surface area contributed by atoms with E-state index in [-0.39, 0.29) is 5.82 Å². The highest BCUT2D eigenvalue weighted by atomic mass is 19.4. The maximum atomic E-state index is 12.6. The molecule has 19 heavy (non-hydrogen) atoms. The lowest BCUT2D eigenvalue weighted by Crippen LogP contribution is -2.03. The fourth-order valence-corrected chi connectivity index (χ4v) is 1.82. The van der Waals surface area contributed by atoms with Gasteiger partial charge in [-0.3, -0.25) is 5.10 Å². The summed E-state index contributed by atoms with van der Waals surface area (Å²) < 4.78 is 43.2. The summed E-state index contributed by atoms with van der Waals surface area (Å²) in [6, 6.07) is 6.38. The molecule has 0 radical (unpaired) electrons. The van der Waals surface area contributed by atoms with Crippen molar-refractivity contribution in [2.45, 2.75) is 6.18 Å². The van der Waals surface area contributed by atoms with Crippen LogP contribution in [0.2, 0.25) is 0 Å². The first kappa shape index (κ1) is 11.6. The summed E-state index contributed by atoms with van der Waals surface area (Å²) in [4.78, 5) is 0. The first-order valence-corrected chi connectivity index (χ1v) is 5.35. The molecular weight excluding hydrogens is 259 g/mol. The van der Waals surface area contributed by atoms with E-state index < -0.39 is 11.7 Å². The minimum absolute atomic E-state index is 0.284. The first-order chi connectivity index (χ1) is 8.93. The third-order valence-corrected chi connectivity index (χ3v) is 2.71. The predicted octanol–water partition coefficient (Wildman–Crippen LogP) is 3.42. The number of nitrogen functional groups attached to an aromatic ring is 1. The molecule has 0 bridgehead atoms. The lowest BCUT2D eigenvalue weighted by molar-refractivity contribution is -0.137. The van der Waals surface area contributed by atoms with E-state index in [2.05, 4.69) is 10.2 Å². The number of nitrogens with two attached hydrogens (primary N) is 1. The number of anilines is 1. The molecule has 98 valence electrons. The van der Waals surface area contributed by atoms with Crippen molar-refractivity contribution in [2.75, 3.05) is 5.73 Å². The van der Waals surface area contributed by atoms with Gasteiger partial charge in [-0.15, -0.1) is 0 Å². The maximum absolute atomic E-state index is 12.6. The van der Waals surface area contributed by atoms with E-state index in [0.29, 0.717) is 22.4 Å². The molecule has 0 saturated heterocycles. The molecule has 0 atom stereocenters. The van der Waals surface area contributed by atoms with Gasteiger partial charge in [-0.2, -0.15) is 18.3 Å². The molecule has 0 amide bonds. The van der Waals surface area contributed by atoms with Crippen LogP contribution < -0.4 is 5.73 Å². The van der Waals surface area contributed by atoms with Gasteiger partial charge in [-0.1, -0.05) is 0 Å². The monoisotopic (exact) mass is 267 g/mol. The molecule has 4 nitrogen and oxygen atoms in total. The van der Waals surface area contributed by atoms with E-state index in [1.54, 1.807) is 6.07 Å². The van der Waals surface area contributed by atoms with Crippen molar-refractivity contribution >= 4 is 16.8 Å². The van der Waals surface area contributed by atoms with E-state index in [1.165, 1.54) is 12.1 Å². The summed E-state index contributed by atoms with van der Waals surface area (Å²) in [5.74, 6) is 0.671. The van der Waals surface area contributed by atoms with Gasteiger partial charge in [0, 0.05) is 11.5 Å². The van der Waals surface area contributed by atoms with Crippen LogP contribution in [0, 0.1) is 0 Å². The van der Waals surface area contributed by atoms with Crippen molar-refractivity contribution in [3.8, 4) is 11.5 Å². The van der Waals surface area contributed by atoms with E-state index in [0.717, 1.165) is 12.1 Å². The van der Waals surface area contributed by atoms with Crippen molar-refractivity contribution in [3.05, 3.63) is 35.9 Å². The van der Waals surface area contributed by atoms with Crippen LogP contribution in [-0.2, 0) is 6.18 Å². The average molecular weight is 267 g/mol. The number of nitrogens with one attached hydrogen (secondary N) is 1. The van der Waals surface area contributed by atoms with Gasteiger partial charge in [0.2, 0.25) is 0 Å². The van der Waals surface area contributed by atoms with Crippen LogP contribution in [0.5, 0.6) is 0 Å². The van der Waals surface area contributed by atoms with Gasteiger partial charge < -0.3 is 10.2 Å². The van der Waals surface area contributed by atoms with E-state index >= 15 is 0 Å². The van der Waals surface area contributed by atoms with E-state index in [9.17, 15) is 13.2 Å². The van der Waals surface area contributed by atoms with Gasteiger partial charge in [0.15, 0.2) is 5.76 Å². The van der Waals surface area contributed by atoms with E-state index in [4.69, 9.17) is 10.2 Å². The quantitative estimate of drug-likeness (QED) is 0.709. The summed E-state index contributed by atoms with van der Waals surface area (Å²) in [7, 11) is 0. The molecule has 3 N–H and O–H groups in total. The summed E-state index contributed by atoms with van der Waals surface area (Å²) in [6.07, 6.45) is -4.37. The Balaban J connectivity index is 2.11. The fraction of sp³-hybridized carbons (Fsp3) is 0.0833. The molecule has 0 fully saturated rings. The van der Waals surface area contributed by atoms with Crippen LogP contribution in [0.4, 0.5) is 19.0 Å². The number of fused-ring (bicyclic) bond motifs is 1. The maximum Gasteiger partial charge on any atom is 0.416 e. The van der Waals surface area contributed by atoms with Gasteiger partial charge in [0.25, 0.3) is 0 Å². The normalized spacial score (nSPS) is 12.2. The number of H-pyrrole nitrogens is 1. The molecule has 0 spiro atoms. The van der Waals surface area contributed by atoms with Crippen molar-refractivity contribution < 1.29 is 17.6 Å². The van der Waals surface area contributed by atoms with Crippen LogP contribution in [0.25, 0.3) is 22.4 Å². The van der Waals surface area contributed by atoms with E-state index in [1.807, 2.05) is 0 Å². The largest absolute Gasteiger partial charge is 0.454 e. The Bertz CT molecular complexity index is 742. The van der Waals surface area contributed by atoms with Crippen molar-refractivity contribution in [1.82, 2.24) is 10.2 Å². The van der Waals surface area contributed by atoms with Crippen molar-refractivity contribution in [2.24, 2.45) is 0 Å². The number of aromatic amines is 1. The number of halogens is 3. The topological polar surface area (TPSA) is 67.8 Å². The average Bonchev–Trinajstić information content (AvgIpc) is 2.92. The molecule has 0 aliphatic heterocycles. The lowest BCUT2D eigenvalue weighted by atomic mass is 10.1. The Labute approximate surface area is 105 Å². The van der Waals surface area contributed by atoms with Crippen LogP contribution in [0.15, 0.2) is 34.7 Å². The smallest absolute Gasteiger partial charge is 0.416 e. The predicted molar refractivity (Wildman–Crippen MR) is 63.2 cm³/mol. The number of alkyl halides is 3. The highest BCUT2D eigenvalue weighted by molar-refractivity contribution is 5.83. The minimum atomic E-state index is -4.37. The summed E-state index contributed by atoms with van der Waals surface area (Å²) in [5.41, 5.74) is 5.63. The number of rotatable bonds is 1. The first-order valence-electron chi connectivity index (χ1n) is 5.35. The van der Waals surface area contributed by atoms with Gasteiger partial charge in [-0.25, -0.2) is 0 Å². The van der Waals surface area contributed by atoms with Crippen LogP contribution in [0.1, 0.15) is 5.56 Å². The summed E-state index contributed by atoms with van der Waals surface area (Å²) >= 11 is 0. The molecule has 0 aliphatic carbocycles. The number of hydrogen-bond donors (Lipinski definition) is 2. The number of aromatic nitrogens is 2. The fourth-order valence-electron chi connectivity index (χ4n) is 1.82. The Morgan fingerprint density at radius 3 is 2.58 bits per heavy atom. The highest BCUT2D eigenvalue weighted by Gasteiger charge is 2.30. The van der Waals surface area contributed by atoms with Crippen LogP contribution >= 0.6 is 0 Å². The second-order valence-corrected chi connectivity index (χ2v) is 4.07. The molecular formula is C12H8F3N3O. The van der Waals surface area contributed by atoms with Gasteiger partial charge in [0.1, 0.15) is 17.1 Å². The van der Waals surface area contributed by atoms with Gasteiger partial charge >= 0.3 is 6.18 Å². The third-order valence-electron chi connectivity index (χ3n) is 2.71. The molecule has 2 heterocycles. The lowest BCUT2D eigenvalue weighted by Gasteiger charge is -2.04. The molecule has 3 aromatic rings. The Morgan fingerprint density at radius 1 is 1.16 bits per heavy atom. The molecule has 2 aromatic heterocycles. The second kappa shape index (κ2) is 3.78. The van der Waals surface area contributed by atoms with Crippen molar-refractivity contribution in [3.63, 3.8) is 0 Å². The Kier molecular flexibility index (Phi) is 2.31. The van der Waals surface area contributed by atoms with Gasteiger partial charge in [0.05, 0.1) is 5.56 Å². The molecule has 0 saturated carbocycles. The van der Waals surface area contributed by atoms with Gasteiger partial charge in [-0.05, 0) is 24.3 Å². The number of nitrogens with zero attached hydrogens (tertiary/aromatic N) is 1. The summed E-state index contributed by atoms with van der Waals surface area (Å²) in [6.45, 7) is 0. The Morgan fingerprint density at radius 2 is 1.95 bits per heavy atom. The van der Waals surface area contributed by atoms with Crippen LogP contribution in [0.3, 0.4) is 0 Å². The summed E-state index contributed by atoms with van der Waals surface area (Å²) in [5, 5.41) is 6.74. The SMILES string of the molecule is Nc1cc(-c2cc3cc(C(F)(F)F)ccc3o2)[nH]n1. The molecule has 7 heteroatoms. The Hall–Kier alpha value is -2.44. The van der Waals surface area contributed by atoms with Crippen LogP contribution in [-0.4, -0.2) is 10.2 Å². The zero-order chi connectivity index (χ0) is 13.6. The molecule has 0 aliphatic rings. The highest BCUT2D eigenvalue weighted by Crippen LogP contribution is 2.34. The third kappa shape index (κ3) is 2.03. The minimum Gasteiger partial charge on any atom is -0.454 e.